The van der Waals surface area contributed by atoms with Gasteiger partial charge in [-0.25, -0.2) is 0 Å². The molecule has 0 spiro atoms. The highest BCUT2D eigenvalue weighted by molar-refractivity contribution is 6.00. The summed E-state index contributed by atoms with van der Waals surface area (Å²) < 4.78 is 24.3. The van der Waals surface area contributed by atoms with E-state index < -0.39 is 0 Å². The number of ether oxygens (including phenoxy) is 4. The van der Waals surface area contributed by atoms with Gasteiger partial charge in [0.15, 0.2) is 34.9 Å². The van der Waals surface area contributed by atoms with Gasteiger partial charge in [-0.1, -0.05) is 0 Å². The Bertz CT molecular complexity index is 1220. The molecule has 0 unspecified atom stereocenters. The van der Waals surface area contributed by atoms with Crippen LogP contribution in [0.5, 0.6) is 23.0 Å². The molecule has 5 nitrogen and oxygen atoms in total. The Kier molecular flexibility index (Phi) is 2.33. The van der Waals surface area contributed by atoms with Gasteiger partial charge in [-0.2, -0.15) is 4.40 Å². The summed E-state index contributed by atoms with van der Waals surface area (Å²) in [5, 5.41) is 4.55. The average Bonchev–Trinajstić information content (AvgIpc) is 3.26. The molecule has 122 valence electrons. The number of hydrogen-bond acceptors (Lipinski definition) is 4. The van der Waals surface area contributed by atoms with Crippen LogP contribution in [0.1, 0.15) is 5.69 Å². The van der Waals surface area contributed by atoms with E-state index in [1.165, 1.54) is 0 Å². The molecule has 4 aromatic rings. The van der Waals surface area contributed by atoms with Gasteiger partial charge in [0.2, 0.25) is 19.1 Å². The van der Waals surface area contributed by atoms with E-state index in [0.717, 1.165) is 55.8 Å². The predicted molar refractivity (Wildman–Crippen MR) is 91.6 cm³/mol. The molecular formula is C20H14NO4+. The van der Waals surface area contributed by atoms with Gasteiger partial charge in [-0.3, -0.25) is 0 Å². The van der Waals surface area contributed by atoms with E-state index in [1.54, 1.807) is 0 Å². The van der Waals surface area contributed by atoms with Gasteiger partial charge in [0.1, 0.15) is 0 Å². The number of aryl methyl sites for hydroxylation is 1. The largest absolute Gasteiger partial charge is 0.454 e. The fourth-order valence-electron chi connectivity index (χ4n) is 3.79. The van der Waals surface area contributed by atoms with Crippen molar-refractivity contribution >= 4 is 27.1 Å². The molecule has 0 aliphatic carbocycles. The van der Waals surface area contributed by atoms with Gasteiger partial charge >= 0.3 is 0 Å². The minimum Gasteiger partial charge on any atom is -0.454 e. The Labute approximate surface area is 142 Å². The molecule has 0 bridgehead atoms. The molecule has 4 heterocycles. The van der Waals surface area contributed by atoms with Crippen molar-refractivity contribution < 1.29 is 23.3 Å². The SMILES string of the molecule is Cc1c2cc3c(cc2cc2c4cc5c(cc4cc[n+]12)OCO5)OCO3. The summed E-state index contributed by atoms with van der Waals surface area (Å²) in [7, 11) is 0. The van der Waals surface area contributed by atoms with Crippen molar-refractivity contribution in [3.63, 3.8) is 0 Å². The molecule has 5 heteroatoms. The fraction of sp³-hybridized carbons (Fsp3) is 0.150. The van der Waals surface area contributed by atoms with Crippen LogP contribution in [0.2, 0.25) is 0 Å². The first-order valence-corrected chi connectivity index (χ1v) is 8.19. The van der Waals surface area contributed by atoms with Crippen LogP contribution in [0.15, 0.2) is 42.6 Å². The summed E-state index contributed by atoms with van der Waals surface area (Å²) in [6.07, 6.45) is 2.10. The lowest BCUT2D eigenvalue weighted by Crippen LogP contribution is -2.25. The van der Waals surface area contributed by atoms with Crippen LogP contribution in [0.4, 0.5) is 0 Å². The Balaban J connectivity index is 1.76. The molecule has 0 radical (unpaired) electrons. The lowest BCUT2D eigenvalue weighted by atomic mass is 10.0. The van der Waals surface area contributed by atoms with Crippen molar-refractivity contribution in [2.24, 2.45) is 0 Å². The zero-order valence-electron chi connectivity index (χ0n) is 13.5. The number of pyridine rings is 2. The molecule has 0 saturated carbocycles. The third-order valence-electron chi connectivity index (χ3n) is 5.07. The second-order valence-corrected chi connectivity index (χ2v) is 6.39. The molecule has 2 aliphatic rings. The molecule has 2 aromatic carbocycles. The van der Waals surface area contributed by atoms with Gasteiger partial charge in [-0.15, -0.1) is 0 Å². The molecule has 0 atom stereocenters. The van der Waals surface area contributed by atoms with Crippen LogP contribution in [-0.2, 0) is 0 Å². The number of benzene rings is 2. The summed E-state index contributed by atoms with van der Waals surface area (Å²) in [6, 6.07) is 12.5. The summed E-state index contributed by atoms with van der Waals surface area (Å²) in [5.41, 5.74) is 2.28. The molecule has 25 heavy (non-hydrogen) atoms. The monoisotopic (exact) mass is 332 g/mol. The van der Waals surface area contributed by atoms with Crippen LogP contribution in [-0.4, -0.2) is 13.6 Å². The zero-order valence-corrected chi connectivity index (χ0v) is 13.5. The predicted octanol–water partition coefficient (Wildman–Crippen LogP) is 3.50. The first-order chi connectivity index (χ1) is 12.3. The van der Waals surface area contributed by atoms with E-state index in [1.807, 2.05) is 6.07 Å². The number of hydrogen-bond donors (Lipinski definition) is 0. The highest BCUT2D eigenvalue weighted by Gasteiger charge is 2.22. The second-order valence-electron chi connectivity index (χ2n) is 6.39. The highest BCUT2D eigenvalue weighted by atomic mass is 16.7. The third-order valence-corrected chi connectivity index (χ3v) is 5.07. The maximum Gasteiger partial charge on any atom is 0.231 e. The lowest BCUT2D eigenvalue weighted by molar-refractivity contribution is -0.516. The van der Waals surface area contributed by atoms with E-state index in [2.05, 4.69) is 47.9 Å². The lowest BCUT2D eigenvalue weighted by Gasteiger charge is -2.06. The summed E-state index contributed by atoms with van der Waals surface area (Å²) in [4.78, 5) is 0. The number of fused-ring (bicyclic) bond motifs is 6. The molecule has 0 fully saturated rings. The van der Waals surface area contributed by atoms with Crippen molar-refractivity contribution in [2.75, 3.05) is 13.6 Å². The topological polar surface area (TPSA) is 41.0 Å². The first kappa shape index (κ1) is 13.1. The van der Waals surface area contributed by atoms with Crippen LogP contribution < -0.4 is 23.3 Å². The Hall–Kier alpha value is -3.21. The zero-order chi connectivity index (χ0) is 16.5. The standard InChI is InChI=1S/C20H14NO4/c1-11-14-7-19-18(23-10-24-19)6-13(14)4-16-15-8-20-17(22-9-25-20)5-12(15)2-3-21(11)16/h2-8H,9-10H2,1H3/q+1. The Morgan fingerprint density at radius 1 is 0.720 bits per heavy atom. The van der Waals surface area contributed by atoms with E-state index in [4.69, 9.17) is 18.9 Å². The minimum absolute atomic E-state index is 0.280. The fourth-order valence-corrected chi connectivity index (χ4v) is 3.79. The quantitative estimate of drug-likeness (QED) is 0.281. The van der Waals surface area contributed by atoms with Crippen molar-refractivity contribution in [3.05, 3.63) is 48.3 Å². The Morgan fingerprint density at radius 3 is 2.04 bits per heavy atom. The molecule has 0 saturated heterocycles. The van der Waals surface area contributed by atoms with Crippen molar-refractivity contribution in [1.29, 1.82) is 0 Å². The third kappa shape index (κ3) is 1.70. The average molecular weight is 332 g/mol. The first-order valence-electron chi connectivity index (χ1n) is 8.19. The molecule has 0 amide bonds. The van der Waals surface area contributed by atoms with Gasteiger partial charge in [-0.05, 0) is 35.0 Å². The van der Waals surface area contributed by atoms with Crippen molar-refractivity contribution in [2.45, 2.75) is 6.92 Å². The van der Waals surface area contributed by atoms with Gasteiger partial charge in [0.05, 0.1) is 10.8 Å². The smallest absolute Gasteiger partial charge is 0.231 e. The summed E-state index contributed by atoms with van der Waals surface area (Å²) in [6.45, 7) is 2.68. The van der Waals surface area contributed by atoms with E-state index >= 15 is 0 Å². The molecule has 6 rings (SSSR count). The van der Waals surface area contributed by atoms with Crippen LogP contribution in [0.3, 0.4) is 0 Å². The van der Waals surface area contributed by atoms with E-state index in [9.17, 15) is 0 Å². The highest BCUT2D eigenvalue weighted by Crippen LogP contribution is 2.39. The van der Waals surface area contributed by atoms with Gasteiger partial charge < -0.3 is 18.9 Å². The normalized spacial score (nSPS) is 14.8. The van der Waals surface area contributed by atoms with Crippen LogP contribution >= 0.6 is 0 Å². The number of nitrogens with zero attached hydrogens (tertiary/aromatic N) is 1. The molecule has 0 N–H and O–H groups in total. The van der Waals surface area contributed by atoms with Crippen LogP contribution in [0.25, 0.3) is 27.1 Å². The van der Waals surface area contributed by atoms with Crippen LogP contribution in [0, 0.1) is 6.92 Å². The van der Waals surface area contributed by atoms with Gasteiger partial charge in [0.25, 0.3) is 0 Å². The molecule has 2 aromatic heterocycles. The van der Waals surface area contributed by atoms with E-state index in [0.29, 0.717) is 0 Å². The minimum atomic E-state index is 0.280. The Morgan fingerprint density at radius 2 is 1.32 bits per heavy atom. The second kappa shape index (κ2) is 4.45. The number of aromatic nitrogens is 1. The van der Waals surface area contributed by atoms with Crippen molar-refractivity contribution in [1.82, 2.24) is 0 Å². The van der Waals surface area contributed by atoms with Gasteiger partial charge in [0, 0.05) is 19.1 Å². The molecular weight excluding hydrogens is 318 g/mol. The number of rotatable bonds is 0. The summed E-state index contributed by atoms with van der Waals surface area (Å²) >= 11 is 0. The van der Waals surface area contributed by atoms with Crippen molar-refractivity contribution in [3.8, 4) is 23.0 Å². The molecule has 2 aliphatic heterocycles. The summed E-state index contributed by atoms with van der Waals surface area (Å²) in [5.74, 6) is 3.20. The van der Waals surface area contributed by atoms with E-state index in [-0.39, 0.29) is 13.6 Å². The maximum atomic E-state index is 5.57. The maximum absolute atomic E-state index is 5.57.